The molecule has 1 aliphatic heterocycles. The van der Waals surface area contributed by atoms with Gasteiger partial charge in [0.25, 0.3) is 0 Å². The second kappa shape index (κ2) is 10.8. The molecule has 6 heteroatoms. The topological polar surface area (TPSA) is 56.8 Å². The predicted molar refractivity (Wildman–Crippen MR) is 115 cm³/mol. The van der Waals surface area contributed by atoms with Gasteiger partial charge in [-0.15, -0.1) is 11.8 Å². The highest BCUT2D eigenvalue weighted by Crippen LogP contribution is 2.29. The highest BCUT2D eigenvalue weighted by molar-refractivity contribution is 7.99. The van der Waals surface area contributed by atoms with E-state index < -0.39 is 0 Å². The van der Waals surface area contributed by atoms with Crippen LogP contribution in [-0.2, 0) is 20.0 Å². The molecule has 0 amide bonds. The molecule has 0 aromatic heterocycles. The Kier molecular flexibility index (Phi) is 7.87. The molecule has 1 atom stereocenters. The molecule has 3 rings (SSSR count). The number of carbonyl (C=O) groups excluding carboxylic acids is 1. The SMILES string of the molecule is COC(=O)CSCc1cccc(OCCCC2=C(C)NC(c3ccccc3)O2)c1. The molecule has 0 saturated heterocycles. The van der Waals surface area contributed by atoms with Crippen LogP contribution >= 0.6 is 11.8 Å². The number of esters is 1. The van der Waals surface area contributed by atoms with Crippen LogP contribution in [0.25, 0.3) is 0 Å². The van der Waals surface area contributed by atoms with Gasteiger partial charge in [-0.3, -0.25) is 4.79 Å². The Balaban J connectivity index is 1.40. The van der Waals surface area contributed by atoms with E-state index in [2.05, 4.69) is 29.1 Å². The van der Waals surface area contributed by atoms with Crippen LogP contribution in [0.3, 0.4) is 0 Å². The van der Waals surface area contributed by atoms with Crippen molar-refractivity contribution in [2.24, 2.45) is 0 Å². The molecule has 2 aromatic rings. The van der Waals surface area contributed by atoms with E-state index in [4.69, 9.17) is 9.47 Å². The summed E-state index contributed by atoms with van der Waals surface area (Å²) < 4.78 is 16.6. The molecule has 1 unspecified atom stereocenters. The van der Waals surface area contributed by atoms with Gasteiger partial charge in [-0.05, 0) is 31.0 Å². The van der Waals surface area contributed by atoms with Crippen LogP contribution in [0, 0.1) is 0 Å². The van der Waals surface area contributed by atoms with E-state index in [1.54, 1.807) is 0 Å². The molecular weight excluding hydrogens is 386 g/mol. The molecule has 154 valence electrons. The van der Waals surface area contributed by atoms with Crippen molar-refractivity contribution >= 4 is 17.7 Å². The molecule has 1 aliphatic rings. The van der Waals surface area contributed by atoms with Gasteiger partial charge in [0, 0.05) is 23.4 Å². The van der Waals surface area contributed by atoms with Crippen molar-refractivity contribution in [1.82, 2.24) is 5.32 Å². The molecule has 0 fully saturated rings. The minimum Gasteiger partial charge on any atom is -0.494 e. The predicted octanol–water partition coefficient (Wildman–Crippen LogP) is 4.80. The first-order chi connectivity index (χ1) is 14.2. The molecule has 0 aliphatic carbocycles. The van der Waals surface area contributed by atoms with Crippen molar-refractivity contribution in [2.45, 2.75) is 31.7 Å². The molecule has 1 N–H and O–H groups in total. The lowest BCUT2D eigenvalue weighted by Gasteiger charge is -2.13. The number of hydrogen-bond acceptors (Lipinski definition) is 6. The number of methoxy groups -OCH3 is 1. The number of benzene rings is 2. The van der Waals surface area contributed by atoms with Gasteiger partial charge < -0.3 is 19.5 Å². The minimum absolute atomic E-state index is 0.105. The third kappa shape index (κ3) is 6.46. The van der Waals surface area contributed by atoms with Gasteiger partial charge in [0.15, 0.2) is 6.23 Å². The van der Waals surface area contributed by atoms with Gasteiger partial charge in [0.1, 0.15) is 11.5 Å². The summed E-state index contributed by atoms with van der Waals surface area (Å²) >= 11 is 1.53. The number of hydrogen-bond donors (Lipinski definition) is 1. The Bertz CT molecular complexity index is 838. The van der Waals surface area contributed by atoms with Gasteiger partial charge in [-0.1, -0.05) is 42.5 Å². The Labute approximate surface area is 176 Å². The second-order valence-electron chi connectivity index (χ2n) is 6.77. The number of thioether (sulfide) groups is 1. The first-order valence-electron chi connectivity index (χ1n) is 9.70. The largest absolute Gasteiger partial charge is 0.494 e. The maximum absolute atomic E-state index is 11.2. The third-order valence-corrected chi connectivity index (χ3v) is 5.54. The quantitative estimate of drug-likeness (QED) is 0.446. The monoisotopic (exact) mass is 413 g/mol. The minimum atomic E-state index is -0.204. The zero-order valence-electron chi connectivity index (χ0n) is 16.9. The molecule has 2 aromatic carbocycles. The van der Waals surface area contributed by atoms with E-state index >= 15 is 0 Å². The van der Waals surface area contributed by atoms with Crippen LogP contribution in [0.2, 0.25) is 0 Å². The lowest BCUT2D eigenvalue weighted by molar-refractivity contribution is -0.137. The van der Waals surface area contributed by atoms with Crippen LogP contribution in [0.15, 0.2) is 66.1 Å². The highest BCUT2D eigenvalue weighted by atomic mass is 32.2. The van der Waals surface area contributed by atoms with Gasteiger partial charge >= 0.3 is 5.97 Å². The number of rotatable bonds is 10. The molecule has 1 heterocycles. The number of ether oxygens (including phenoxy) is 3. The van der Waals surface area contributed by atoms with Crippen molar-refractivity contribution in [2.75, 3.05) is 19.5 Å². The van der Waals surface area contributed by atoms with Gasteiger partial charge in [-0.25, -0.2) is 0 Å². The van der Waals surface area contributed by atoms with Crippen LogP contribution in [-0.4, -0.2) is 25.4 Å². The average molecular weight is 414 g/mol. The molecular formula is C23H27NO4S. The van der Waals surface area contributed by atoms with Crippen LogP contribution in [0.5, 0.6) is 5.75 Å². The summed E-state index contributed by atoms with van der Waals surface area (Å²) in [5.41, 5.74) is 3.34. The summed E-state index contributed by atoms with van der Waals surface area (Å²) in [6.07, 6.45) is 1.60. The number of nitrogens with one attached hydrogen (secondary N) is 1. The Morgan fingerprint density at radius 1 is 1.17 bits per heavy atom. The summed E-state index contributed by atoms with van der Waals surface area (Å²) in [7, 11) is 1.41. The third-order valence-electron chi connectivity index (χ3n) is 4.56. The summed E-state index contributed by atoms with van der Waals surface area (Å²) in [6, 6.07) is 18.2. The number of allylic oxidation sites excluding steroid dienone is 2. The van der Waals surface area contributed by atoms with Gasteiger partial charge in [0.05, 0.1) is 19.5 Å². The van der Waals surface area contributed by atoms with E-state index in [-0.39, 0.29) is 12.2 Å². The molecule has 29 heavy (non-hydrogen) atoms. The second-order valence-corrected chi connectivity index (χ2v) is 7.76. The standard InChI is InChI=1S/C23H27NO4S/c1-17-21(28-23(24-17)19-9-4-3-5-10-19)12-7-13-27-20-11-6-8-18(14-20)15-29-16-22(25)26-2/h3-6,8-11,14,23-24H,7,12-13,15-16H2,1-2H3. The summed E-state index contributed by atoms with van der Waals surface area (Å²) in [4.78, 5) is 11.2. The number of carbonyl (C=O) groups is 1. The van der Waals surface area contributed by atoms with E-state index in [1.165, 1.54) is 18.9 Å². The summed E-state index contributed by atoms with van der Waals surface area (Å²) in [5.74, 6) is 2.74. The fraction of sp³-hybridized carbons (Fsp3) is 0.348. The smallest absolute Gasteiger partial charge is 0.315 e. The van der Waals surface area contributed by atoms with Gasteiger partial charge in [-0.2, -0.15) is 0 Å². The molecule has 5 nitrogen and oxygen atoms in total. The van der Waals surface area contributed by atoms with Crippen molar-refractivity contribution in [3.05, 3.63) is 77.2 Å². The normalized spacial score (nSPS) is 15.6. The van der Waals surface area contributed by atoms with Gasteiger partial charge in [0.2, 0.25) is 0 Å². The van der Waals surface area contributed by atoms with Crippen LogP contribution < -0.4 is 10.1 Å². The fourth-order valence-corrected chi connectivity index (χ4v) is 3.82. The average Bonchev–Trinajstić information content (AvgIpc) is 3.12. The van der Waals surface area contributed by atoms with E-state index in [0.29, 0.717) is 12.4 Å². The molecule has 0 radical (unpaired) electrons. The van der Waals surface area contributed by atoms with E-state index in [0.717, 1.165) is 46.9 Å². The fourth-order valence-electron chi connectivity index (χ4n) is 3.02. The Hall–Kier alpha value is -2.60. The van der Waals surface area contributed by atoms with Crippen LogP contribution in [0.1, 0.15) is 37.1 Å². The lowest BCUT2D eigenvalue weighted by atomic mass is 10.2. The van der Waals surface area contributed by atoms with Crippen molar-refractivity contribution in [3.63, 3.8) is 0 Å². The van der Waals surface area contributed by atoms with Crippen LogP contribution in [0.4, 0.5) is 0 Å². The van der Waals surface area contributed by atoms with Crippen molar-refractivity contribution < 1.29 is 19.0 Å². The highest BCUT2D eigenvalue weighted by Gasteiger charge is 2.22. The molecule has 0 saturated carbocycles. The maximum atomic E-state index is 11.2. The lowest BCUT2D eigenvalue weighted by Crippen LogP contribution is -2.13. The molecule has 0 spiro atoms. The zero-order valence-corrected chi connectivity index (χ0v) is 17.7. The zero-order chi connectivity index (χ0) is 20.5. The van der Waals surface area contributed by atoms with E-state index in [1.807, 2.05) is 42.5 Å². The summed E-state index contributed by atoms with van der Waals surface area (Å²) in [6.45, 7) is 2.67. The first-order valence-corrected chi connectivity index (χ1v) is 10.9. The maximum Gasteiger partial charge on any atom is 0.315 e. The Morgan fingerprint density at radius 2 is 2.00 bits per heavy atom. The summed E-state index contributed by atoms with van der Waals surface area (Å²) in [5, 5.41) is 3.40. The first kappa shape index (κ1) is 21.1. The van der Waals surface area contributed by atoms with Crippen molar-refractivity contribution in [3.8, 4) is 5.75 Å². The molecule has 0 bridgehead atoms. The Morgan fingerprint density at radius 3 is 2.79 bits per heavy atom. The van der Waals surface area contributed by atoms with Crippen molar-refractivity contribution in [1.29, 1.82) is 0 Å². The van der Waals surface area contributed by atoms with E-state index in [9.17, 15) is 4.79 Å².